The molecule has 2 aromatic carbocycles. The van der Waals surface area contributed by atoms with Gasteiger partial charge in [-0.15, -0.1) is 0 Å². The Morgan fingerprint density at radius 3 is 2.74 bits per heavy atom. The van der Waals surface area contributed by atoms with Crippen LogP contribution >= 0.6 is 0 Å². The van der Waals surface area contributed by atoms with Crippen LogP contribution in [0, 0.1) is 19.7 Å². The van der Waals surface area contributed by atoms with E-state index in [1.165, 1.54) is 12.4 Å². The highest BCUT2D eigenvalue weighted by Gasteiger charge is 2.36. The minimum Gasteiger partial charge on any atom is -0.378 e. The Labute approximate surface area is 201 Å². The van der Waals surface area contributed by atoms with Crippen LogP contribution in [0.25, 0.3) is 22.2 Å². The fourth-order valence-electron chi connectivity index (χ4n) is 4.85. The molecule has 176 valence electrons. The van der Waals surface area contributed by atoms with E-state index in [1.807, 2.05) is 25.1 Å². The molecule has 35 heavy (non-hydrogen) atoms. The summed E-state index contributed by atoms with van der Waals surface area (Å²) < 4.78 is 20.8. The van der Waals surface area contributed by atoms with E-state index in [-0.39, 0.29) is 5.91 Å². The van der Waals surface area contributed by atoms with E-state index in [2.05, 4.69) is 30.2 Å². The molecule has 0 bridgehead atoms. The monoisotopic (exact) mass is 470 g/mol. The van der Waals surface area contributed by atoms with Crippen LogP contribution in [0.4, 0.5) is 15.9 Å². The zero-order valence-electron chi connectivity index (χ0n) is 19.4. The summed E-state index contributed by atoms with van der Waals surface area (Å²) >= 11 is 0. The van der Waals surface area contributed by atoms with E-state index in [0.29, 0.717) is 52.8 Å². The zero-order valence-corrected chi connectivity index (χ0v) is 19.4. The first-order valence-electron chi connectivity index (χ1n) is 11.5. The maximum absolute atomic E-state index is 15.3. The molecular weight excluding hydrogens is 447 g/mol. The first-order chi connectivity index (χ1) is 17.0. The van der Waals surface area contributed by atoms with Gasteiger partial charge in [0.15, 0.2) is 5.82 Å². The zero-order chi connectivity index (χ0) is 24.1. The van der Waals surface area contributed by atoms with E-state index in [1.54, 1.807) is 19.2 Å². The molecule has 1 amide bonds. The van der Waals surface area contributed by atoms with Crippen molar-refractivity contribution in [3.63, 3.8) is 0 Å². The van der Waals surface area contributed by atoms with Crippen molar-refractivity contribution in [2.45, 2.75) is 19.8 Å². The lowest BCUT2D eigenvalue weighted by Crippen LogP contribution is -2.36. The molecule has 0 aliphatic carbocycles. The molecule has 2 aliphatic heterocycles. The molecule has 2 aliphatic rings. The molecule has 4 heterocycles. The van der Waals surface area contributed by atoms with Crippen molar-refractivity contribution in [2.24, 2.45) is 0 Å². The van der Waals surface area contributed by atoms with Gasteiger partial charge in [-0.3, -0.25) is 9.78 Å². The fraction of sp³-hybridized carbons (Fsp3) is 0.269. The second-order valence-corrected chi connectivity index (χ2v) is 8.88. The van der Waals surface area contributed by atoms with Gasteiger partial charge in [0.05, 0.1) is 35.8 Å². The van der Waals surface area contributed by atoms with E-state index in [0.717, 1.165) is 29.7 Å². The highest BCUT2D eigenvalue weighted by molar-refractivity contribution is 6.04. The quantitative estimate of drug-likeness (QED) is 0.487. The summed E-state index contributed by atoms with van der Waals surface area (Å²) in [6.07, 6.45) is 3.08. The van der Waals surface area contributed by atoms with Crippen molar-refractivity contribution in [1.29, 1.82) is 0 Å². The standard InChI is InChI=1S/C26H23FN6O2/c1-14-9-20(27)19(11-18(14)22-24-25(32-26(22)34)31-15(2)12-28-24)23-17-4-3-16(10-21(17)29-13-30-23)33-5-7-35-8-6-33/h3-4,9-13,22H,5-8H2,1-2H3,(H,31,32,34). The predicted molar refractivity (Wildman–Crippen MR) is 130 cm³/mol. The number of fused-ring (bicyclic) bond motifs is 2. The van der Waals surface area contributed by atoms with E-state index in [9.17, 15) is 4.79 Å². The summed E-state index contributed by atoms with van der Waals surface area (Å²) in [7, 11) is 0. The summed E-state index contributed by atoms with van der Waals surface area (Å²) in [4.78, 5) is 32.9. The molecular formula is C26H23FN6O2. The van der Waals surface area contributed by atoms with Gasteiger partial charge in [-0.25, -0.2) is 19.3 Å². The molecule has 8 nitrogen and oxygen atoms in total. The molecule has 9 heteroatoms. The lowest BCUT2D eigenvalue weighted by molar-refractivity contribution is -0.116. The number of nitrogens with zero attached hydrogens (tertiary/aromatic N) is 5. The Hall–Kier alpha value is -3.98. The Morgan fingerprint density at radius 2 is 1.91 bits per heavy atom. The summed E-state index contributed by atoms with van der Waals surface area (Å²) in [5.41, 5.74) is 5.17. The van der Waals surface area contributed by atoms with Crippen LogP contribution in [0.2, 0.25) is 0 Å². The van der Waals surface area contributed by atoms with Gasteiger partial charge in [-0.2, -0.15) is 0 Å². The molecule has 0 radical (unpaired) electrons. The highest BCUT2D eigenvalue weighted by atomic mass is 19.1. The largest absolute Gasteiger partial charge is 0.378 e. The number of aryl methyl sites for hydroxylation is 2. The number of ether oxygens (including phenoxy) is 1. The number of anilines is 2. The number of carbonyl (C=O) groups excluding carboxylic acids is 1. The highest BCUT2D eigenvalue weighted by Crippen LogP contribution is 2.39. The number of nitrogens with one attached hydrogen (secondary N) is 1. The van der Waals surface area contributed by atoms with Crippen LogP contribution in [0.15, 0.2) is 42.9 Å². The minimum absolute atomic E-state index is 0.228. The van der Waals surface area contributed by atoms with E-state index >= 15 is 4.39 Å². The number of rotatable bonds is 3. The van der Waals surface area contributed by atoms with Gasteiger partial charge in [-0.05, 0) is 55.3 Å². The first-order valence-corrected chi connectivity index (χ1v) is 11.5. The van der Waals surface area contributed by atoms with Crippen LogP contribution in [-0.2, 0) is 9.53 Å². The number of aromatic nitrogens is 4. The van der Waals surface area contributed by atoms with Gasteiger partial charge in [0.2, 0.25) is 5.91 Å². The third-order valence-corrected chi connectivity index (χ3v) is 6.62. The van der Waals surface area contributed by atoms with Crippen molar-refractivity contribution < 1.29 is 13.9 Å². The summed E-state index contributed by atoms with van der Waals surface area (Å²) in [5.74, 6) is -0.849. The Bertz CT molecular complexity index is 1480. The molecule has 1 atom stereocenters. The van der Waals surface area contributed by atoms with Gasteiger partial charge >= 0.3 is 0 Å². The van der Waals surface area contributed by atoms with Crippen molar-refractivity contribution in [3.8, 4) is 11.3 Å². The fourth-order valence-corrected chi connectivity index (χ4v) is 4.85. The molecule has 0 saturated carbocycles. The number of halogens is 1. The Morgan fingerprint density at radius 1 is 1.09 bits per heavy atom. The van der Waals surface area contributed by atoms with E-state index < -0.39 is 11.7 Å². The van der Waals surface area contributed by atoms with Gasteiger partial charge in [0.1, 0.15) is 18.1 Å². The first kappa shape index (κ1) is 21.5. The molecule has 1 unspecified atom stereocenters. The SMILES string of the molecule is Cc1cnc2c(n1)NC(=O)C2c1cc(-c2ncnc3cc(N4CCOCC4)ccc23)c(F)cc1C. The molecule has 1 saturated heterocycles. The Balaban J connectivity index is 1.46. The normalized spacial score (nSPS) is 17.5. The van der Waals surface area contributed by atoms with Gasteiger partial charge in [0.25, 0.3) is 0 Å². The Kier molecular flexibility index (Phi) is 5.14. The molecule has 6 rings (SSSR count). The number of hydrogen-bond donors (Lipinski definition) is 1. The molecule has 2 aromatic heterocycles. The third-order valence-electron chi connectivity index (χ3n) is 6.62. The summed E-state index contributed by atoms with van der Waals surface area (Å²) in [6, 6.07) is 9.10. The summed E-state index contributed by atoms with van der Waals surface area (Å²) in [5, 5.41) is 3.55. The average molecular weight is 471 g/mol. The van der Waals surface area contributed by atoms with Crippen molar-refractivity contribution >= 4 is 28.3 Å². The number of amides is 1. The molecule has 1 fully saturated rings. The average Bonchev–Trinajstić information content (AvgIpc) is 3.18. The maximum atomic E-state index is 15.3. The lowest BCUT2D eigenvalue weighted by atomic mass is 9.90. The van der Waals surface area contributed by atoms with Crippen LogP contribution < -0.4 is 10.2 Å². The van der Waals surface area contributed by atoms with Crippen molar-refractivity contribution in [2.75, 3.05) is 36.5 Å². The van der Waals surface area contributed by atoms with Crippen molar-refractivity contribution in [1.82, 2.24) is 19.9 Å². The minimum atomic E-state index is -0.668. The number of benzene rings is 2. The second kappa shape index (κ2) is 8.35. The predicted octanol–water partition coefficient (Wildman–Crippen LogP) is 3.76. The molecule has 0 spiro atoms. The maximum Gasteiger partial charge on any atom is 0.239 e. The number of morpholine rings is 1. The third kappa shape index (κ3) is 3.68. The van der Waals surface area contributed by atoms with Gasteiger partial charge in [0, 0.05) is 35.9 Å². The molecule has 4 aromatic rings. The smallest absolute Gasteiger partial charge is 0.239 e. The van der Waals surface area contributed by atoms with Crippen LogP contribution in [-0.4, -0.2) is 52.1 Å². The van der Waals surface area contributed by atoms with Gasteiger partial charge < -0.3 is 15.0 Å². The van der Waals surface area contributed by atoms with Crippen LogP contribution in [0.1, 0.15) is 28.4 Å². The lowest BCUT2D eigenvalue weighted by Gasteiger charge is -2.29. The van der Waals surface area contributed by atoms with Crippen LogP contribution in [0.3, 0.4) is 0 Å². The topological polar surface area (TPSA) is 93.1 Å². The van der Waals surface area contributed by atoms with E-state index in [4.69, 9.17) is 4.74 Å². The number of hydrogen-bond acceptors (Lipinski definition) is 7. The molecule has 1 N–H and O–H groups in total. The van der Waals surface area contributed by atoms with Gasteiger partial charge in [-0.1, -0.05) is 0 Å². The van der Waals surface area contributed by atoms with Crippen LogP contribution in [0.5, 0.6) is 0 Å². The second-order valence-electron chi connectivity index (χ2n) is 8.88. The van der Waals surface area contributed by atoms with Crippen molar-refractivity contribution in [3.05, 3.63) is 71.2 Å². The summed E-state index contributed by atoms with van der Waals surface area (Å²) in [6.45, 7) is 6.61. The number of carbonyl (C=O) groups is 1.